The Balaban J connectivity index is 2.12. The highest BCUT2D eigenvalue weighted by Gasteiger charge is 2.20. The molecular formula is C12H15N3O2. The third-order valence-corrected chi connectivity index (χ3v) is 3.53. The van der Waals surface area contributed by atoms with Crippen molar-refractivity contribution in [1.29, 1.82) is 0 Å². The summed E-state index contributed by atoms with van der Waals surface area (Å²) in [4.78, 5) is 14.9. The van der Waals surface area contributed by atoms with Crippen molar-refractivity contribution in [3.05, 3.63) is 33.9 Å². The van der Waals surface area contributed by atoms with E-state index in [0.717, 1.165) is 18.5 Å². The molecular weight excluding hydrogens is 218 g/mol. The summed E-state index contributed by atoms with van der Waals surface area (Å²) >= 11 is 0. The zero-order valence-electron chi connectivity index (χ0n) is 9.52. The fraction of sp³-hybridized carbons (Fsp3) is 0.500. The van der Waals surface area contributed by atoms with E-state index in [4.69, 9.17) is 5.11 Å². The van der Waals surface area contributed by atoms with E-state index >= 15 is 0 Å². The first-order valence-electron chi connectivity index (χ1n) is 6.00. The lowest BCUT2D eigenvalue weighted by atomic mass is 10.1. The van der Waals surface area contributed by atoms with Crippen LogP contribution >= 0.6 is 0 Å². The normalized spacial score (nSPS) is 17.0. The molecule has 2 heterocycles. The number of aliphatic hydroxyl groups excluding tert-OH is 1. The van der Waals surface area contributed by atoms with Gasteiger partial charge in [0.1, 0.15) is 5.65 Å². The Labute approximate surface area is 98.1 Å². The van der Waals surface area contributed by atoms with Crippen LogP contribution in [0.25, 0.3) is 5.65 Å². The largest absolute Gasteiger partial charge is 0.391 e. The minimum absolute atomic E-state index is 0.231. The van der Waals surface area contributed by atoms with Crippen LogP contribution in [0.5, 0.6) is 0 Å². The summed E-state index contributed by atoms with van der Waals surface area (Å²) < 4.78 is 1.36. The second kappa shape index (κ2) is 4.00. The predicted octanol–water partition coefficient (Wildman–Crippen LogP) is 1.17. The van der Waals surface area contributed by atoms with Gasteiger partial charge in [0.25, 0.3) is 5.56 Å². The highest BCUT2D eigenvalue weighted by Crippen LogP contribution is 2.33. The third kappa shape index (κ3) is 1.67. The molecule has 0 saturated heterocycles. The number of aromatic nitrogens is 3. The molecule has 0 aliphatic heterocycles. The van der Waals surface area contributed by atoms with Gasteiger partial charge in [0.15, 0.2) is 0 Å². The van der Waals surface area contributed by atoms with E-state index < -0.39 is 0 Å². The molecule has 5 nitrogen and oxygen atoms in total. The summed E-state index contributed by atoms with van der Waals surface area (Å²) in [7, 11) is 0. The standard InChI is InChI=1S/C12H15N3O2/c16-7-9-6-13-11-5-10(8-3-1-2-4-8)14-15(11)12(9)17/h5-6,8,13,16H,1-4,7H2. The molecule has 0 radical (unpaired) electrons. The van der Waals surface area contributed by atoms with Gasteiger partial charge in [-0.05, 0) is 12.8 Å². The summed E-state index contributed by atoms with van der Waals surface area (Å²) in [6.07, 6.45) is 6.36. The van der Waals surface area contributed by atoms with Crippen molar-refractivity contribution in [2.45, 2.75) is 38.2 Å². The molecule has 0 unspecified atom stereocenters. The Morgan fingerprint density at radius 1 is 1.47 bits per heavy atom. The highest BCUT2D eigenvalue weighted by atomic mass is 16.3. The Morgan fingerprint density at radius 2 is 2.24 bits per heavy atom. The number of H-pyrrole nitrogens is 1. The lowest BCUT2D eigenvalue weighted by Crippen LogP contribution is -2.19. The van der Waals surface area contributed by atoms with E-state index in [1.165, 1.54) is 17.4 Å². The van der Waals surface area contributed by atoms with Gasteiger partial charge in [0, 0.05) is 18.2 Å². The number of hydrogen-bond donors (Lipinski definition) is 2. The summed E-state index contributed by atoms with van der Waals surface area (Å²) in [5.41, 5.74) is 1.81. The predicted molar refractivity (Wildman–Crippen MR) is 62.9 cm³/mol. The Kier molecular flexibility index (Phi) is 2.48. The number of hydrogen-bond acceptors (Lipinski definition) is 3. The number of rotatable bonds is 2. The minimum Gasteiger partial charge on any atom is -0.391 e. The van der Waals surface area contributed by atoms with Gasteiger partial charge in [0.2, 0.25) is 0 Å². The lowest BCUT2D eigenvalue weighted by Gasteiger charge is -2.01. The maximum Gasteiger partial charge on any atom is 0.279 e. The van der Waals surface area contributed by atoms with Gasteiger partial charge in [0.05, 0.1) is 17.9 Å². The molecule has 2 N–H and O–H groups in total. The monoisotopic (exact) mass is 233 g/mol. The first-order valence-corrected chi connectivity index (χ1v) is 6.00. The molecule has 0 bridgehead atoms. The van der Waals surface area contributed by atoms with E-state index in [-0.39, 0.29) is 12.2 Å². The van der Waals surface area contributed by atoms with Gasteiger partial charge >= 0.3 is 0 Å². The molecule has 2 aromatic rings. The maximum atomic E-state index is 11.9. The number of nitrogens with zero attached hydrogens (tertiary/aromatic N) is 2. The van der Waals surface area contributed by atoms with Crippen molar-refractivity contribution in [1.82, 2.24) is 14.6 Å². The van der Waals surface area contributed by atoms with Crippen LogP contribution in [0.3, 0.4) is 0 Å². The minimum atomic E-state index is -0.260. The summed E-state index contributed by atoms with van der Waals surface area (Å²) in [5, 5.41) is 13.4. The van der Waals surface area contributed by atoms with Crippen LogP contribution in [-0.2, 0) is 6.61 Å². The fourth-order valence-electron chi connectivity index (χ4n) is 2.55. The van der Waals surface area contributed by atoms with Crippen LogP contribution in [0.2, 0.25) is 0 Å². The molecule has 0 aromatic carbocycles. The van der Waals surface area contributed by atoms with Crippen LogP contribution in [0, 0.1) is 0 Å². The van der Waals surface area contributed by atoms with Gasteiger partial charge in [-0.3, -0.25) is 4.79 Å². The first-order chi connectivity index (χ1) is 8.29. The molecule has 1 aliphatic carbocycles. The van der Waals surface area contributed by atoms with Crippen LogP contribution in [0.1, 0.15) is 42.9 Å². The van der Waals surface area contributed by atoms with Crippen LogP contribution in [0.4, 0.5) is 0 Å². The average molecular weight is 233 g/mol. The second-order valence-electron chi connectivity index (χ2n) is 4.62. The van der Waals surface area contributed by atoms with Crippen LogP contribution in [0.15, 0.2) is 17.1 Å². The van der Waals surface area contributed by atoms with Crippen molar-refractivity contribution in [3.63, 3.8) is 0 Å². The molecule has 90 valence electrons. The highest BCUT2D eigenvalue weighted by molar-refractivity contribution is 5.40. The van der Waals surface area contributed by atoms with E-state index in [0.29, 0.717) is 17.1 Å². The first kappa shape index (κ1) is 10.5. The van der Waals surface area contributed by atoms with Crippen molar-refractivity contribution in [2.24, 2.45) is 0 Å². The van der Waals surface area contributed by atoms with Gasteiger partial charge in [-0.25, -0.2) is 0 Å². The molecule has 3 rings (SSSR count). The van der Waals surface area contributed by atoms with Crippen molar-refractivity contribution in [2.75, 3.05) is 0 Å². The van der Waals surface area contributed by atoms with Crippen LogP contribution in [-0.4, -0.2) is 19.7 Å². The number of aliphatic hydroxyl groups is 1. The molecule has 1 fully saturated rings. The van der Waals surface area contributed by atoms with Gasteiger partial charge in [-0.1, -0.05) is 12.8 Å². The van der Waals surface area contributed by atoms with E-state index in [9.17, 15) is 4.79 Å². The number of fused-ring (bicyclic) bond motifs is 1. The second-order valence-corrected chi connectivity index (χ2v) is 4.62. The van der Waals surface area contributed by atoms with Crippen LogP contribution < -0.4 is 5.56 Å². The zero-order valence-corrected chi connectivity index (χ0v) is 9.52. The third-order valence-electron chi connectivity index (χ3n) is 3.53. The van der Waals surface area contributed by atoms with E-state index in [2.05, 4.69) is 10.1 Å². The van der Waals surface area contributed by atoms with Crippen molar-refractivity contribution in [3.8, 4) is 0 Å². The summed E-state index contributed by atoms with van der Waals surface area (Å²) in [6.45, 7) is -0.260. The van der Waals surface area contributed by atoms with Crippen molar-refractivity contribution < 1.29 is 5.11 Å². The average Bonchev–Trinajstić information content (AvgIpc) is 2.98. The molecule has 0 atom stereocenters. The summed E-state index contributed by atoms with van der Waals surface area (Å²) in [5.74, 6) is 0.486. The Morgan fingerprint density at radius 3 is 2.94 bits per heavy atom. The topological polar surface area (TPSA) is 70.4 Å². The van der Waals surface area contributed by atoms with Gasteiger partial charge in [-0.15, -0.1) is 0 Å². The maximum absolute atomic E-state index is 11.9. The van der Waals surface area contributed by atoms with Gasteiger partial charge in [-0.2, -0.15) is 9.61 Å². The number of aromatic amines is 1. The Hall–Kier alpha value is -1.62. The fourth-order valence-corrected chi connectivity index (χ4v) is 2.55. The summed E-state index contributed by atoms with van der Waals surface area (Å²) in [6, 6.07) is 1.94. The SMILES string of the molecule is O=c1c(CO)c[nH]c2cc(C3CCCC3)nn12. The molecule has 17 heavy (non-hydrogen) atoms. The molecule has 1 saturated carbocycles. The molecule has 0 amide bonds. The smallest absolute Gasteiger partial charge is 0.279 e. The van der Waals surface area contributed by atoms with E-state index in [1.54, 1.807) is 6.20 Å². The molecule has 1 aliphatic rings. The van der Waals surface area contributed by atoms with Crippen molar-refractivity contribution >= 4 is 5.65 Å². The molecule has 5 heteroatoms. The number of nitrogens with one attached hydrogen (secondary N) is 1. The quantitative estimate of drug-likeness (QED) is 0.818. The van der Waals surface area contributed by atoms with Gasteiger partial charge < -0.3 is 10.1 Å². The zero-order chi connectivity index (χ0) is 11.8. The van der Waals surface area contributed by atoms with E-state index in [1.807, 2.05) is 6.07 Å². The molecule has 0 spiro atoms. The Bertz CT molecular complexity index is 593. The molecule has 2 aromatic heterocycles. The lowest BCUT2D eigenvalue weighted by molar-refractivity contribution is 0.279.